The summed E-state index contributed by atoms with van der Waals surface area (Å²) in [6, 6.07) is 6.68. The number of aliphatic carboxylic acids is 1. The van der Waals surface area contributed by atoms with Crippen LogP contribution in [0.2, 0.25) is 5.02 Å². The van der Waals surface area contributed by atoms with Crippen LogP contribution < -0.4 is 0 Å². The van der Waals surface area contributed by atoms with E-state index in [1.54, 1.807) is 36.1 Å². The van der Waals surface area contributed by atoms with Crippen molar-refractivity contribution < 1.29 is 14.7 Å². The van der Waals surface area contributed by atoms with Crippen LogP contribution in [0.4, 0.5) is 0 Å². The van der Waals surface area contributed by atoms with E-state index >= 15 is 0 Å². The first kappa shape index (κ1) is 16.5. The maximum atomic E-state index is 12.5. The Labute approximate surface area is 124 Å². The minimum Gasteiger partial charge on any atom is -0.481 e. The van der Waals surface area contributed by atoms with E-state index in [9.17, 15) is 9.59 Å². The molecule has 1 N–H and O–H groups in total. The molecule has 1 aromatic rings. The first-order valence-corrected chi connectivity index (χ1v) is 7.04. The molecular weight excluding hydrogens is 278 g/mol. The Hall–Kier alpha value is -1.55. The van der Waals surface area contributed by atoms with Gasteiger partial charge in [-0.3, -0.25) is 9.59 Å². The largest absolute Gasteiger partial charge is 0.481 e. The van der Waals surface area contributed by atoms with Gasteiger partial charge >= 0.3 is 5.97 Å². The summed E-state index contributed by atoms with van der Waals surface area (Å²) in [7, 11) is 0. The van der Waals surface area contributed by atoms with Crippen molar-refractivity contribution in [2.75, 3.05) is 6.54 Å². The molecule has 1 rings (SSSR count). The molecular formula is C15H20ClNO3. The lowest BCUT2D eigenvalue weighted by molar-refractivity contribution is -0.141. The molecule has 0 aliphatic heterocycles. The smallest absolute Gasteiger partial charge is 0.308 e. The van der Waals surface area contributed by atoms with Crippen molar-refractivity contribution in [2.45, 2.75) is 33.2 Å². The van der Waals surface area contributed by atoms with Crippen LogP contribution in [0.1, 0.15) is 37.6 Å². The van der Waals surface area contributed by atoms with Crippen molar-refractivity contribution >= 4 is 23.5 Å². The number of hydrogen-bond acceptors (Lipinski definition) is 2. The van der Waals surface area contributed by atoms with Gasteiger partial charge in [0.15, 0.2) is 0 Å². The highest BCUT2D eigenvalue weighted by Crippen LogP contribution is 2.16. The number of carboxylic acid groups (broad SMARTS) is 1. The average Bonchev–Trinajstić information content (AvgIpc) is 2.42. The van der Waals surface area contributed by atoms with Gasteiger partial charge in [-0.15, -0.1) is 0 Å². The van der Waals surface area contributed by atoms with Crippen LogP contribution in [0, 0.1) is 5.92 Å². The average molecular weight is 298 g/mol. The topological polar surface area (TPSA) is 57.6 Å². The molecule has 0 saturated carbocycles. The molecule has 0 radical (unpaired) electrons. The molecule has 1 aromatic carbocycles. The number of nitrogens with zero attached hydrogens (tertiary/aromatic N) is 1. The third-order valence-electron chi connectivity index (χ3n) is 3.35. The van der Waals surface area contributed by atoms with Crippen LogP contribution in [0.15, 0.2) is 24.3 Å². The van der Waals surface area contributed by atoms with Crippen molar-refractivity contribution in [3.63, 3.8) is 0 Å². The first-order chi connectivity index (χ1) is 9.36. The lowest BCUT2D eigenvalue weighted by Crippen LogP contribution is -2.42. The van der Waals surface area contributed by atoms with E-state index in [0.29, 0.717) is 10.6 Å². The normalized spacial score (nSPS) is 13.6. The summed E-state index contributed by atoms with van der Waals surface area (Å²) in [4.78, 5) is 25.1. The number of carbonyl (C=O) groups excluding carboxylic acids is 1. The van der Waals surface area contributed by atoms with Crippen molar-refractivity contribution in [3.8, 4) is 0 Å². The summed E-state index contributed by atoms with van der Waals surface area (Å²) in [5.41, 5.74) is 0.482. The summed E-state index contributed by atoms with van der Waals surface area (Å²) in [6.45, 7) is 5.67. The molecule has 110 valence electrons. The maximum Gasteiger partial charge on any atom is 0.308 e. The zero-order valence-electron chi connectivity index (χ0n) is 12.0. The number of halogens is 1. The summed E-state index contributed by atoms with van der Waals surface area (Å²) in [5, 5.41) is 9.51. The highest BCUT2D eigenvalue weighted by atomic mass is 35.5. The Morgan fingerprint density at radius 2 is 2.00 bits per heavy atom. The number of benzene rings is 1. The molecule has 0 fully saturated rings. The molecule has 4 nitrogen and oxygen atoms in total. The van der Waals surface area contributed by atoms with E-state index in [0.717, 1.165) is 6.42 Å². The van der Waals surface area contributed by atoms with Gasteiger partial charge in [0.1, 0.15) is 0 Å². The molecule has 0 aliphatic rings. The second-order valence-corrected chi connectivity index (χ2v) is 5.40. The van der Waals surface area contributed by atoms with Gasteiger partial charge in [0.2, 0.25) is 0 Å². The van der Waals surface area contributed by atoms with Crippen LogP contribution in [-0.2, 0) is 4.79 Å². The predicted molar refractivity (Wildman–Crippen MR) is 79.0 cm³/mol. The monoisotopic (exact) mass is 297 g/mol. The minimum absolute atomic E-state index is 0.0247. The summed E-state index contributed by atoms with van der Waals surface area (Å²) < 4.78 is 0. The third kappa shape index (κ3) is 4.23. The van der Waals surface area contributed by atoms with Crippen LogP contribution in [0.25, 0.3) is 0 Å². The predicted octanol–water partition coefficient (Wildman–Crippen LogP) is 3.30. The van der Waals surface area contributed by atoms with Crippen LogP contribution in [0.5, 0.6) is 0 Å². The van der Waals surface area contributed by atoms with E-state index in [1.165, 1.54) is 0 Å². The molecule has 0 saturated heterocycles. The molecule has 0 bridgehead atoms. The Morgan fingerprint density at radius 3 is 2.50 bits per heavy atom. The summed E-state index contributed by atoms with van der Waals surface area (Å²) in [6.07, 6.45) is 0.763. The second kappa shape index (κ2) is 7.29. The van der Waals surface area contributed by atoms with Gasteiger partial charge in [0.05, 0.1) is 5.92 Å². The lowest BCUT2D eigenvalue weighted by atomic mass is 10.1. The fourth-order valence-corrected chi connectivity index (χ4v) is 2.03. The molecule has 2 unspecified atom stereocenters. The first-order valence-electron chi connectivity index (χ1n) is 6.66. The zero-order chi connectivity index (χ0) is 15.3. The number of hydrogen-bond donors (Lipinski definition) is 1. The van der Waals surface area contributed by atoms with E-state index in [4.69, 9.17) is 16.7 Å². The van der Waals surface area contributed by atoms with E-state index in [2.05, 4.69) is 0 Å². The quantitative estimate of drug-likeness (QED) is 0.876. The van der Waals surface area contributed by atoms with Gasteiger partial charge in [0.25, 0.3) is 5.91 Å². The van der Waals surface area contributed by atoms with Crippen molar-refractivity contribution in [1.29, 1.82) is 0 Å². The molecule has 1 amide bonds. The maximum absolute atomic E-state index is 12.5. The van der Waals surface area contributed by atoms with Crippen molar-refractivity contribution in [2.24, 2.45) is 5.92 Å². The molecule has 0 spiro atoms. The lowest BCUT2D eigenvalue weighted by Gasteiger charge is -2.30. The summed E-state index contributed by atoms with van der Waals surface area (Å²) in [5.74, 6) is -1.70. The second-order valence-electron chi connectivity index (χ2n) is 4.96. The van der Waals surface area contributed by atoms with Crippen molar-refractivity contribution in [3.05, 3.63) is 34.9 Å². The number of rotatable bonds is 6. The van der Waals surface area contributed by atoms with E-state index in [-0.39, 0.29) is 18.5 Å². The van der Waals surface area contributed by atoms with E-state index < -0.39 is 11.9 Å². The van der Waals surface area contributed by atoms with Gasteiger partial charge < -0.3 is 10.0 Å². The van der Waals surface area contributed by atoms with Crippen LogP contribution in [-0.4, -0.2) is 34.5 Å². The van der Waals surface area contributed by atoms with Gasteiger partial charge in [-0.05, 0) is 31.5 Å². The fourth-order valence-electron chi connectivity index (χ4n) is 1.84. The van der Waals surface area contributed by atoms with Gasteiger partial charge in [-0.1, -0.05) is 31.5 Å². The Bertz CT molecular complexity index is 490. The van der Waals surface area contributed by atoms with Gasteiger partial charge in [0, 0.05) is 23.2 Å². The molecule has 0 heterocycles. The van der Waals surface area contributed by atoms with Gasteiger partial charge in [-0.2, -0.15) is 0 Å². The molecule has 20 heavy (non-hydrogen) atoms. The van der Waals surface area contributed by atoms with Gasteiger partial charge in [-0.25, -0.2) is 0 Å². The molecule has 5 heteroatoms. The summed E-state index contributed by atoms with van der Waals surface area (Å²) >= 11 is 5.90. The number of carboxylic acids is 1. The number of carbonyl (C=O) groups is 2. The molecule has 0 aromatic heterocycles. The Morgan fingerprint density at radius 1 is 1.35 bits per heavy atom. The third-order valence-corrected chi connectivity index (χ3v) is 3.58. The Balaban J connectivity index is 2.98. The molecule has 0 aliphatic carbocycles. The standard InChI is InChI=1S/C15H20ClNO3/c1-4-11(3)17(9-10(2)15(19)20)14(18)12-6-5-7-13(16)8-12/h5-8,10-11H,4,9H2,1-3H3,(H,19,20). The number of amides is 1. The Kier molecular flexibility index (Phi) is 6.02. The van der Waals surface area contributed by atoms with Crippen LogP contribution >= 0.6 is 11.6 Å². The van der Waals surface area contributed by atoms with Crippen molar-refractivity contribution in [1.82, 2.24) is 4.90 Å². The highest BCUT2D eigenvalue weighted by molar-refractivity contribution is 6.30. The highest BCUT2D eigenvalue weighted by Gasteiger charge is 2.25. The molecule has 2 atom stereocenters. The minimum atomic E-state index is -0.905. The zero-order valence-corrected chi connectivity index (χ0v) is 12.7. The van der Waals surface area contributed by atoms with Crippen LogP contribution in [0.3, 0.4) is 0 Å². The SMILES string of the molecule is CCC(C)N(CC(C)C(=O)O)C(=O)c1cccc(Cl)c1. The fraction of sp³-hybridized carbons (Fsp3) is 0.467. The van der Waals surface area contributed by atoms with E-state index in [1.807, 2.05) is 13.8 Å².